The van der Waals surface area contributed by atoms with E-state index in [-0.39, 0.29) is 5.69 Å². The van der Waals surface area contributed by atoms with Crippen LogP contribution >= 0.6 is 0 Å². The first kappa shape index (κ1) is 14.5. The van der Waals surface area contributed by atoms with Crippen LogP contribution in [0.2, 0.25) is 0 Å². The van der Waals surface area contributed by atoms with Crippen LogP contribution in [-0.2, 0) is 11.3 Å². The first-order chi connectivity index (χ1) is 8.54. The molecule has 0 spiro atoms. The average Bonchev–Trinajstić information content (AvgIpc) is 2.66. The van der Waals surface area contributed by atoms with E-state index in [1.54, 1.807) is 0 Å². The molecule has 6 nitrogen and oxygen atoms in total. The van der Waals surface area contributed by atoms with Crippen LogP contribution in [0.3, 0.4) is 0 Å². The van der Waals surface area contributed by atoms with Gasteiger partial charge in [0.1, 0.15) is 11.6 Å². The van der Waals surface area contributed by atoms with Crippen LogP contribution in [0.4, 0.5) is 5.82 Å². The van der Waals surface area contributed by atoms with E-state index >= 15 is 0 Å². The van der Waals surface area contributed by atoms with Crippen LogP contribution in [0.25, 0.3) is 0 Å². The Bertz CT molecular complexity index is 410. The fourth-order valence-corrected chi connectivity index (χ4v) is 1.89. The number of rotatable bonds is 6. The quantitative estimate of drug-likeness (QED) is 0.764. The van der Waals surface area contributed by atoms with E-state index in [2.05, 4.69) is 28.5 Å². The summed E-state index contributed by atoms with van der Waals surface area (Å²) >= 11 is 0. The Balaban J connectivity index is 2.83. The number of esters is 1. The standard InChI is InChI=1S/C12H22N4O2/c1-5-15(6-2)7-8-16-9(3)14-10(11(16)13)12(17)18-4/h5-8,13H2,1-4H3. The van der Waals surface area contributed by atoms with Gasteiger partial charge in [0.05, 0.1) is 7.11 Å². The van der Waals surface area contributed by atoms with Crippen LogP contribution in [0.15, 0.2) is 0 Å². The lowest BCUT2D eigenvalue weighted by molar-refractivity contribution is 0.0595. The zero-order chi connectivity index (χ0) is 13.7. The number of aromatic nitrogens is 2. The van der Waals surface area contributed by atoms with Gasteiger partial charge in [-0.05, 0) is 20.0 Å². The molecule has 0 amide bonds. The van der Waals surface area contributed by atoms with E-state index in [1.165, 1.54) is 7.11 Å². The third-order valence-electron chi connectivity index (χ3n) is 3.11. The van der Waals surface area contributed by atoms with Crippen molar-refractivity contribution in [3.8, 4) is 0 Å². The van der Waals surface area contributed by atoms with Crippen molar-refractivity contribution in [3.63, 3.8) is 0 Å². The zero-order valence-corrected chi connectivity index (χ0v) is 11.6. The Morgan fingerprint density at radius 1 is 1.44 bits per heavy atom. The minimum Gasteiger partial charge on any atom is -0.464 e. The molecule has 1 aromatic heterocycles. The number of nitrogen functional groups attached to an aromatic ring is 1. The number of methoxy groups -OCH3 is 1. The minimum absolute atomic E-state index is 0.203. The van der Waals surface area contributed by atoms with Crippen molar-refractivity contribution in [2.24, 2.45) is 0 Å². The molecule has 0 aliphatic rings. The summed E-state index contributed by atoms with van der Waals surface area (Å²) in [5, 5.41) is 0. The predicted molar refractivity (Wildman–Crippen MR) is 70.5 cm³/mol. The monoisotopic (exact) mass is 254 g/mol. The van der Waals surface area contributed by atoms with Gasteiger partial charge in [0.15, 0.2) is 5.69 Å². The number of nitrogens with zero attached hydrogens (tertiary/aromatic N) is 3. The van der Waals surface area contributed by atoms with Crippen molar-refractivity contribution in [1.29, 1.82) is 0 Å². The Labute approximate surface area is 108 Å². The molecule has 1 aromatic rings. The van der Waals surface area contributed by atoms with Crippen LogP contribution in [0.1, 0.15) is 30.2 Å². The number of carbonyl (C=O) groups excluding carboxylic acids is 1. The average molecular weight is 254 g/mol. The van der Waals surface area contributed by atoms with E-state index in [1.807, 2.05) is 11.5 Å². The molecule has 1 heterocycles. The maximum atomic E-state index is 11.5. The SMILES string of the molecule is CCN(CC)CCn1c(C)nc(C(=O)OC)c1N. The number of aryl methyl sites for hydroxylation is 1. The van der Waals surface area contributed by atoms with Crippen LogP contribution in [-0.4, -0.2) is 47.2 Å². The molecule has 0 aliphatic heterocycles. The van der Waals surface area contributed by atoms with Crippen molar-refractivity contribution in [2.75, 3.05) is 32.5 Å². The van der Waals surface area contributed by atoms with Gasteiger partial charge in [-0.3, -0.25) is 0 Å². The molecule has 102 valence electrons. The predicted octanol–water partition coefficient (Wildman–Crippen LogP) is 0.902. The van der Waals surface area contributed by atoms with Crippen LogP contribution in [0, 0.1) is 6.92 Å². The highest BCUT2D eigenvalue weighted by Crippen LogP contribution is 2.15. The largest absolute Gasteiger partial charge is 0.464 e. The summed E-state index contributed by atoms with van der Waals surface area (Å²) in [6, 6.07) is 0. The highest BCUT2D eigenvalue weighted by molar-refractivity contribution is 5.92. The Hall–Kier alpha value is -1.56. The lowest BCUT2D eigenvalue weighted by Gasteiger charge is -2.19. The van der Waals surface area contributed by atoms with Crippen LogP contribution < -0.4 is 5.73 Å². The molecule has 0 saturated heterocycles. The van der Waals surface area contributed by atoms with Crippen molar-refractivity contribution < 1.29 is 9.53 Å². The van der Waals surface area contributed by atoms with E-state index < -0.39 is 5.97 Å². The summed E-state index contributed by atoms with van der Waals surface area (Å²) in [5.41, 5.74) is 6.13. The molecule has 0 unspecified atom stereocenters. The summed E-state index contributed by atoms with van der Waals surface area (Å²) < 4.78 is 6.50. The minimum atomic E-state index is -0.489. The fourth-order valence-electron chi connectivity index (χ4n) is 1.89. The van der Waals surface area contributed by atoms with Gasteiger partial charge in [0.2, 0.25) is 0 Å². The van der Waals surface area contributed by atoms with Crippen molar-refractivity contribution >= 4 is 11.8 Å². The third kappa shape index (κ3) is 3.01. The topological polar surface area (TPSA) is 73.4 Å². The molecule has 0 aliphatic carbocycles. The van der Waals surface area contributed by atoms with Crippen molar-refractivity contribution in [3.05, 3.63) is 11.5 Å². The van der Waals surface area contributed by atoms with Gasteiger partial charge < -0.3 is 19.9 Å². The molecule has 2 N–H and O–H groups in total. The molecular formula is C12H22N4O2. The summed E-state index contributed by atoms with van der Waals surface area (Å²) in [6.07, 6.45) is 0. The van der Waals surface area contributed by atoms with Gasteiger partial charge in [-0.1, -0.05) is 13.8 Å². The third-order valence-corrected chi connectivity index (χ3v) is 3.11. The molecule has 0 bridgehead atoms. The van der Waals surface area contributed by atoms with Gasteiger partial charge in [-0.25, -0.2) is 9.78 Å². The highest BCUT2D eigenvalue weighted by Gasteiger charge is 2.19. The molecule has 0 fully saturated rings. The zero-order valence-electron chi connectivity index (χ0n) is 11.6. The van der Waals surface area contributed by atoms with Gasteiger partial charge in [-0.15, -0.1) is 0 Å². The van der Waals surface area contributed by atoms with Gasteiger partial charge in [0.25, 0.3) is 0 Å². The van der Waals surface area contributed by atoms with Gasteiger partial charge >= 0.3 is 5.97 Å². The van der Waals surface area contributed by atoms with E-state index in [4.69, 9.17) is 5.73 Å². The number of imidazole rings is 1. The van der Waals surface area contributed by atoms with Crippen LogP contribution in [0.5, 0.6) is 0 Å². The Kier molecular flexibility index (Phi) is 5.15. The first-order valence-electron chi connectivity index (χ1n) is 6.18. The van der Waals surface area contributed by atoms with Gasteiger partial charge in [-0.2, -0.15) is 0 Å². The molecule has 1 rings (SSSR count). The van der Waals surface area contributed by atoms with Gasteiger partial charge in [0, 0.05) is 13.1 Å². The lowest BCUT2D eigenvalue weighted by Crippen LogP contribution is -2.27. The Morgan fingerprint density at radius 3 is 2.56 bits per heavy atom. The number of ether oxygens (including phenoxy) is 1. The summed E-state index contributed by atoms with van der Waals surface area (Å²) in [5.74, 6) is 0.628. The maximum absolute atomic E-state index is 11.5. The normalized spacial score (nSPS) is 10.9. The van der Waals surface area contributed by atoms with E-state index in [9.17, 15) is 4.79 Å². The second-order valence-corrected chi connectivity index (χ2v) is 4.06. The summed E-state index contributed by atoms with van der Waals surface area (Å²) in [4.78, 5) is 17.9. The highest BCUT2D eigenvalue weighted by atomic mass is 16.5. The molecule has 6 heteroatoms. The molecule has 0 aromatic carbocycles. The molecule has 0 radical (unpaired) electrons. The number of hydrogen-bond donors (Lipinski definition) is 1. The molecule has 18 heavy (non-hydrogen) atoms. The second kappa shape index (κ2) is 6.39. The number of anilines is 1. The van der Waals surface area contributed by atoms with Crippen molar-refractivity contribution in [1.82, 2.24) is 14.5 Å². The van der Waals surface area contributed by atoms with E-state index in [0.717, 1.165) is 32.0 Å². The number of hydrogen-bond acceptors (Lipinski definition) is 5. The number of carbonyl (C=O) groups is 1. The second-order valence-electron chi connectivity index (χ2n) is 4.06. The Morgan fingerprint density at radius 2 is 2.06 bits per heavy atom. The lowest BCUT2D eigenvalue weighted by atomic mass is 10.4. The van der Waals surface area contributed by atoms with E-state index in [0.29, 0.717) is 5.82 Å². The molecular weight excluding hydrogens is 232 g/mol. The number of nitrogens with two attached hydrogens (primary N) is 1. The fraction of sp³-hybridized carbons (Fsp3) is 0.667. The summed E-state index contributed by atoms with van der Waals surface area (Å²) in [7, 11) is 1.33. The molecule has 0 atom stereocenters. The summed E-state index contributed by atoms with van der Waals surface area (Å²) in [6.45, 7) is 9.67. The first-order valence-corrected chi connectivity index (χ1v) is 6.18. The smallest absolute Gasteiger partial charge is 0.360 e. The maximum Gasteiger partial charge on any atom is 0.360 e. The van der Waals surface area contributed by atoms with Crippen molar-refractivity contribution in [2.45, 2.75) is 27.3 Å². The number of likely N-dealkylation sites (N-methyl/N-ethyl adjacent to an activating group) is 1. The molecule has 0 saturated carbocycles.